The molecule has 0 unspecified atom stereocenters. The van der Waals surface area contributed by atoms with Gasteiger partial charge in [0.1, 0.15) is 0 Å². The zero-order valence-corrected chi connectivity index (χ0v) is 31.4. The van der Waals surface area contributed by atoms with E-state index >= 15 is 0 Å². The van der Waals surface area contributed by atoms with Gasteiger partial charge in [0.15, 0.2) is 0 Å². The number of thiophene rings is 1. The van der Waals surface area contributed by atoms with Crippen molar-refractivity contribution in [3.8, 4) is 61.3 Å². The Hall–Kier alpha value is -7.00. The number of hydrogen-bond acceptors (Lipinski definition) is 1. The van der Waals surface area contributed by atoms with Crippen LogP contribution in [0.1, 0.15) is 0 Å². The Morgan fingerprint density at radius 3 is 1.36 bits per heavy atom. The van der Waals surface area contributed by atoms with Gasteiger partial charge in [-0.2, -0.15) is 0 Å². The Morgan fingerprint density at radius 1 is 0.286 bits per heavy atom. The maximum Gasteiger partial charge on any atom is 0.0547 e. The van der Waals surface area contributed by atoms with Gasteiger partial charge >= 0.3 is 0 Å². The van der Waals surface area contributed by atoms with E-state index in [4.69, 9.17) is 0 Å². The molecule has 11 aromatic rings. The van der Waals surface area contributed by atoms with Gasteiger partial charge in [-0.25, -0.2) is 0 Å². The fourth-order valence-electron chi connectivity index (χ4n) is 8.42. The van der Waals surface area contributed by atoms with Crippen molar-refractivity contribution in [3.05, 3.63) is 212 Å². The lowest BCUT2D eigenvalue weighted by Gasteiger charge is -2.12. The quantitative estimate of drug-likeness (QED) is 0.161. The molecule has 9 aromatic carbocycles. The number of aromatic nitrogens is 1. The molecule has 2 heteroatoms. The van der Waals surface area contributed by atoms with E-state index in [2.05, 4.69) is 217 Å². The molecule has 0 bridgehead atoms. The van der Waals surface area contributed by atoms with Gasteiger partial charge in [0.25, 0.3) is 0 Å². The third-order valence-electron chi connectivity index (χ3n) is 11.2. The lowest BCUT2D eigenvalue weighted by Crippen LogP contribution is -1.94. The van der Waals surface area contributed by atoms with Crippen molar-refractivity contribution in [1.82, 2.24) is 4.57 Å². The molecule has 0 saturated heterocycles. The van der Waals surface area contributed by atoms with Crippen LogP contribution in [0.4, 0.5) is 0 Å². The summed E-state index contributed by atoms with van der Waals surface area (Å²) in [6, 6.07) is 77.6. The summed E-state index contributed by atoms with van der Waals surface area (Å²) in [6.45, 7) is 0. The second kappa shape index (κ2) is 13.4. The Kier molecular flexibility index (Phi) is 7.75. The second-order valence-corrected chi connectivity index (χ2v) is 15.6. The first-order valence-corrected chi connectivity index (χ1v) is 20.0. The Morgan fingerprint density at radius 2 is 0.732 bits per heavy atom. The summed E-state index contributed by atoms with van der Waals surface area (Å²) in [4.78, 5) is 0. The predicted molar refractivity (Wildman–Crippen MR) is 241 cm³/mol. The van der Waals surface area contributed by atoms with Crippen molar-refractivity contribution in [3.63, 3.8) is 0 Å². The van der Waals surface area contributed by atoms with Crippen LogP contribution in [0.3, 0.4) is 0 Å². The third-order valence-corrected chi connectivity index (χ3v) is 12.5. The van der Waals surface area contributed by atoms with E-state index in [1.807, 2.05) is 11.3 Å². The van der Waals surface area contributed by atoms with Crippen LogP contribution in [0.5, 0.6) is 0 Å². The predicted octanol–water partition coefficient (Wildman–Crippen LogP) is 15.5. The lowest BCUT2D eigenvalue weighted by atomic mass is 9.96. The van der Waals surface area contributed by atoms with Crippen molar-refractivity contribution in [2.45, 2.75) is 0 Å². The minimum absolute atomic E-state index is 1.14. The molecule has 262 valence electrons. The number of rotatable bonds is 6. The highest BCUT2D eigenvalue weighted by molar-refractivity contribution is 7.26. The van der Waals surface area contributed by atoms with Gasteiger partial charge in [-0.15, -0.1) is 11.3 Å². The van der Waals surface area contributed by atoms with Crippen LogP contribution >= 0.6 is 11.3 Å². The zero-order valence-electron chi connectivity index (χ0n) is 30.6. The topological polar surface area (TPSA) is 4.93 Å². The molecule has 0 amide bonds. The minimum Gasteiger partial charge on any atom is -0.309 e. The number of fused-ring (bicyclic) bond motifs is 6. The second-order valence-electron chi connectivity index (χ2n) is 14.5. The molecule has 0 spiro atoms. The van der Waals surface area contributed by atoms with Gasteiger partial charge in [0, 0.05) is 36.6 Å². The van der Waals surface area contributed by atoms with Gasteiger partial charge in [0.05, 0.1) is 11.0 Å². The maximum absolute atomic E-state index is 2.44. The van der Waals surface area contributed by atoms with Gasteiger partial charge in [0.2, 0.25) is 0 Å². The van der Waals surface area contributed by atoms with Crippen molar-refractivity contribution >= 4 is 53.3 Å². The van der Waals surface area contributed by atoms with Gasteiger partial charge in [-0.3, -0.25) is 0 Å². The van der Waals surface area contributed by atoms with Crippen LogP contribution in [0.25, 0.3) is 103 Å². The van der Waals surface area contributed by atoms with Crippen molar-refractivity contribution < 1.29 is 0 Å². The first kappa shape index (κ1) is 32.4. The molecule has 0 aliphatic rings. The highest BCUT2D eigenvalue weighted by Gasteiger charge is 2.16. The van der Waals surface area contributed by atoms with Crippen molar-refractivity contribution in [2.24, 2.45) is 0 Å². The Labute approximate surface area is 330 Å². The third kappa shape index (κ3) is 5.54. The van der Waals surface area contributed by atoms with E-state index in [0.29, 0.717) is 0 Å². The average molecular weight is 730 g/mol. The van der Waals surface area contributed by atoms with Crippen LogP contribution in [0, 0.1) is 0 Å². The molecule has 0 aliphatic heterocycles. The SMILES string of the molecule is c1ccc(-c2ccc3c4ccc(-c5ccccc5)cc4n(-c4ccc(-c5cccc(-c6ccc(-c7cccc8c7sc7ccccc78)cc6)c5)cc4)c3c2)cc1. The first-order chi connectivity index (χ1) is 27.7. The summed E-state index contributed by atoms with van der Waals surface area (Å²) >= 11 is 1.88. The number of nitrogens with zero attached hydrogens (tertiary/aromatic N) is 1. The molecule has 2 aromatic heterocycles. The lowest BCUT2D eigenvalue weighted by molar-refractivity contribution is 1.18. The standard InChI is InChI=1S/C54H35NS/c1-3-11-36(12-4-1)43-27-31-47-48-32-28-44(37-13-5-2-6-14-37)35-52(48)55(51(47)34-43)45-29-25-39(26-30-45)42-16-9-15-41(33-42)38-21-23-40(24-22-38)46-18-10-19-50-49-17-7-8-20-53(49)56-54(46)50/h1-35H. The monoisotopic (exact) mass is 729 g/mol. The smallest absolute Gasteiger partial charge is 0.0547 e. The molecular weight excluding hydrogens is 695 g/mol. The van der Waals surface area contributed by atoms with Gasteiger partial charge < -0.3 is 4.57 Å². The summed E-state index contributed by atoms with van der Waals surface area (Å²) in [7, 11) is 0. The van der Waals surface area contributed by atoms with Crippen LogP contribution in [-0.2, 0) is 0 Å². The summed E-state index contributed by atoms with van der Waals surface area (Å²) in [5, 5.41) is 5.17. The van der Waals surface area contributed by atoms with E-state index in [1.165, 1.54) is 97.6 Å². The molecule has 0 radical (unpaired) electrons. The molecule has 11 rings (SSSR count). The summed E-state index contributed by atoms with van der Waals surface area (Å²) in [5.74, 6) is 0. The fraction of sp³-hybridized carbons (Fsp3) is 0. The Bertz CT molecular complexity index is 3110. The fourth-order valence-corrected chi connectivity index (χ4v) is 9.65. The zero-order chi connectivity index (χ0) is 37.0. The largest absolute Gasteiger partial charge is 0.309 e. The van der Waals surface area contributed by atoms with Gasteiger partial charge in [-0.05, 0) is 92.0 Å². The molecule has 0 fully saturated rings. The van der Waals surface area contributed by atoms with Crippen LogP contribution < -0.4 is 0 Å². The molecule has 0 aliphatic carbocycles. The Balaban J connectivity index is 0.957. The van der Waals surface area contributed by atoms with E-state index in [-0.39, 0.29) is 0 Å². The molecule has 0 atom stereocenters. The van der Waals surface area contributed by atoms with Crippen LogP contribution in [0.15, 0.2) is 212 Å². The van der Waals surface area contributed by atoms with E-state index in [9.17, 15) is 0 Å². The van der Waals surface area contributed by atoms with Gasteiger partial charge in [-0.1, -0.05) is 176 Å². The molecular formula is C54H35NS. The number of hydrogen-bond donors (Lipinski definition) is 0. The molecule has 1 nitrogen and oxygen atoms in total. The first-order valence-electron chi connectivity index (χ1n) is 19.2. The normalized spacial score (nSPS) is 11.6. The maximum atomic E-state index is 2.44. The van der Waals surface area contributed by atoms with Crippen LogP contribution in [-0.4, -0.2) is 4.57 Å². The van der Waals surface area contributed by atoms with E-state index in [1.54, 1.807) is 0 Å². The molecule has 56 heavy (non-hydrogen) atoms. The molecule has 2 heterocycles. The van der Waals surface area contributed by atoms with Crippen LogP contribution in [0.2, 0.25) is 0 Å². The summed E-state index contributed by atoms with van der Waals surface area (Å²) in [6.07, 6.45) is 0. The molecule has 0 saturated carbocycles. The van der Waals surface area contributed by atoms with Crippen molar-refractivity contribution in [1.29, 1.82) is 0 Å². The minimum atomic E-state index is 1.14. The van der Waals surface area contributed by atoms with E-state index in [0.717, 1.165) is 5.69 Å². The van der Waals surface area contributed by atoms with E-state index < -0.39 is 0 Å². The average Bonchev–Trinajstić information content (AvgIpc) is 3.82. The highest BCUT2D eigenvalue weighted by Crippen LogP contribution is 2.41. The summed E-state index contributed by atoms with van der Waals surface area (Å²) in [5.41, 5.74) is 15.8. The summed E-state index contributed by atoms with van der Waals surface area (Å²) < 4.78 is 5.12. The van der Waals surface area contributed by atoms with Crippen molar-refractivity contribution in [2.75, 3.05) is 0 Å². The highest BCUT2D eigenvalue weighted by atomic mass is 32.1. The number of benzene rings is 9. The molecule has 0 N–H and O–H groups in total.